The quantitative estimate of drug-likeness (QED) is 0.714. The summed E-state index contributed by atoms with van der Waals surface area (Å²) in [5.74, 6) is -0.555. The number of rotatable bonds is 5. The van der Waals surface area contributed by atoms with E-state index in [0.717, 1.165) is 12.8 Å². The zero-order valence-corrected chi connectivity index (χ0v) is 16.8. The van der Waals surface area contributed by atoms with E-state index >= 15 is 0 Å². The van der Waals surface area contributed by atoms with Crippen LogP contribution in [0.4, 0.5) is 0 Å². The topological polar surface area (TPSA) is 85.7 Å². The molecule has 0 spiro atoms. The molecule has 28 heavy (non-hydrogen) atoms. The summed E-state index contributed by atoms with van der Waals surface area (Å²) in [6.45, 7) is 1.14. The molecule has 2 aromatic rings. The van der Waals surface area contributed by atoms with Crippen LogP contribution < -0.4 is 0 Å². The van der Waals surface area contributed by atoms with E-state index in [1.54, 1.807) is 35.2 Å². The van der Waals surface area contributed by atoms with Crippen LogP contribution in [0.25, 0.3) is 0 Å². The van der Waals surface area contributed by atoms with Crippen molar-refractivity contribution in [2.45, 2.75) is 24.6 Å². The van der Waals surface area contributed by atoms with E-state index in [9.17, 15) is 18.0 Å². The SMILES string of the molecule is COC(=O)c1cccn1C1CCN(C(=O)c2cccc(CS(C)(=O)=O)c2)CC1. The second-order valence-corrected chi connectivity index (χ2v) is 9.23. The van der Waals surface area contributed by atoms with Crippen molar-refractivity contribution in [3.8, 4) is 0 Å². The Hall–Kier alpha value is -2.61. The van der Waals surface area contributed by atoms with Crippen molar-refractivity contribution in [1.82, 2.24) is 9.47 Å². The number of piperidine rings is 1. The number of hydrogen-bond donors (Lipinski definition) is 0. The molecule has 1 aliphatic heterocycles. The number of ether oxygens (including phenoxy) is 1. The fourth-order valence-corrected chi connectivity index (χ4v) is 4.40. The Morgan fingerprint density at radius 3 is 2.50 bits per heavy atom. The summed E-state index contributed by atoms with van der Waals surface area (Å²) in [4.78, 5) is 26.5. The minimum Gasteiger partial charge on any atom is -0.464 e. The molecule has 8 heteroatoms. The monoisotopic (exact) mass is 404 g/mol. The van der Waals surface area contributed by atoms with Gasteiger partial charge in [0.25, 0.3) is 5.91 Å². The first-order valence-electron chi connectivity index (χ1n) is 9.09. The molecule has 2 heterocycles. The molecule has 7 nitrogen and oxygen atoms in total. The molecule has 0 atom stereocenters. The van der Waals surface area contributed by atoms with Crippen LogP contribution in [-0.4, -0.2) is 56.2 Å². The van der Waals surface area contributed by atoms with E-state index < -0.39 is 9.84 Å². The summed E-state index contributed by atoms with van der Waals surface area (Å²) < 4.78 is 29.7. The highest BCUT2D eigenvalue weighted by atomic mass is 32.2. The number of carbonyl (C=O) groups is 2. The molecule has 1 aromatic carbocycles. The van der Waals surface area contributed by atoms with Crippen molar-refractivity contribution < 1.29 is 22.7 Å². The predicted molar refractivity (Wildman–Crippen MR) is 105 cm³/mol. The second-order valence-electron chi connectivity index (χ2n) is 7.09. The maximum Gasteiger partial charge on any atom is 0.354 e. The lowest BCUT2D eigenvalue weighted by molar-refractivity contribution is 0.0573. The summed E-state index contributed by atoms with van der Waals surface area (Å²) in [7, 11) is -1.80. The van der Waals surface area contributed by atoms with Crippen molar-refractivity contribution in [3.63, 3.8) is 0 Å². The molecule has 1 fully saturated rings. The van der Waals surface area contributed by atoms with E-state index in [4.69, 9.17) is 4.74 Å². The first-order chi connectivity index (χ1) is 13.3. The molecule has 3 rings (SSSR count). The standard InChI is InChI=1S/C20H24N2O5S/c1-27-20(24)18-7-4-10-22(18)17-8-11-21(12-9-17)19(23)16-6-3-5-15(13-16)14-28(2,25)26/h3-7,10,13,17H,8-9,11-12,14H2,1-2H3. The highest BCUT2D eigenvalue weighted by molar-refractivity contribution is 7.89. The second kappa shape index (κ2) is 8.18. The van der Waals surface area contributed by atoms with Crippen LogP contribution >= 0.6 is 0 Å². The van der Waals surface area contributed by atoms with Gasteiger partial charge in [0.05, 0.1) is 12.9 Å². The van der Waals surface area contributed by atoms with Crippen LogP contribution in [0.1, 0.15) is 45.3 Å². The Morgan fingerprint density at radius 2 is 1.86 bits per heavy atom. The Labute approximate surface area is 164 Å². The molecule has 0 aliphatic carbocycles. The summed E-state index contributed by atoms with van der Waals surface area (Å²) in [6.07, 6.45) is 4.50. The fraction of sp³-hybridized carbons (Fsp3) is 0.400. The number of esters is 1. The van der Waals surface area contributed by atoms with Crippen molar-refractivity contribution in [3.05, 3.63) is 59.4 Å². The van der Waals surface area contributed by atoms with E-state index in [1.165, 1.54) is 13.4 Å². The van der Waals surface area contributed by atoms with Crippen molar-refractivity contribution in [2.75, 3.05) is 26.5 Å². The average molecular weight is 404 g/mol. The third-order valence-electron chi connectivity index (χ3n) is 4.92. The van der Waals surface area contributed by atoms with Gasteiger partial charge in [0.2, 0.25) is 0 Å². The third kappa shape index (κ3) is 4.62. The molecule has 1 aliphatic rings. The maximum absolute atomic E-state index is 12.8. The molecule has 0 saturated carbocycles. The summed E-state index contributed by atoms with van der Waals surface area (Å²) in [5.41, 5.74) is 1.62. The molecule has 0 N–H and O–H groups in total. The maximum atomic E-state index is 12.8. The lowest BCUT2D eigenvalue weighted by atomic mass is 10.0. The number of benzene rings is 1. The van der Waals surface area contributed by atoms with Crippen LogP contribution in [-0.2, 0) is 20.3 Å². The highest BCUT2D eigenvalue weighted by Crippen LogP contribution is 2.26. The average Bonchev–Trinajstić information content (AvgIpc) is 3.15. The number of carbonyl (C=O) groups excluding carboxylic acids is 2. The van der Waals surface area contributed by atoms with Crippen molar-refractivity contribution in [2.24, 2.45) is 0 Å². The van der Waals surface area contributed by atoms with Gasteiger partial charge in [0, 0.05) is 37.1 Å². The lowest BCUT2D eigenvalue weighted by Gasteiger charge is -2.33. The van der Waals surface area contributed by atoms with Crippen LogP contribution in [0.15, 0.2) is 42.6 Å². The number of amides is 1. The minimum atomic E-state index is -3.16. The van der Waals surface area contributed by atoms with Gasteiger partial charge in [-0.05, 0) is 42.7 Å². The number of nitrogens with zero attached hydrogens (tertiary/aromatic N) is 2. The molecular formula is C20H24N2O5S. The molecular weight excluding hydrogens is 380 g/mol. The van der Waals surface area contributed by atoms with Crippen LogP contribution in [0.3, 0.4) is 0 Å². The molecule has 1 saturated heterocycles. The van der Waals surface area contributed by atoms with E-state index in [1.807, 2.05) is 16.8 Å². The highest BCUT2D eigenvalue weighted by Gasteiger charge is 2.26. The van der Waals surface area contributed by atoms with E-state index in [-0.39, 0.29) is 23.7 Å². The van der Waals surface area contributed by atoms with Gasteiger partial charge in [0.1, 0.15) is 5.69 Å². The Balaban J connectivity index is 1.67. The number of hydrogen-bond acceptors (Lipinski definition) is 5. The van der Waals surface area contributed by atoms with Gasteiger partial charge in [-0.15, -0.1) is 0 Å². The molecule has 1 aromatic heterocycles. The number of likely N-dealkylation sites (tertiary alicyclic amines) is 1. The number of sulfone groups is 1. The van der Waals surface area contributed by atoms with Gasteiger partial charge in [-0.25, -0.2) is 13.2 Å². The van der Waals surface area contributed by atoms with E-state index in [0.29, 0.717) is 29.9 Å². The summed E-state index contributed by atoms with van der Waals surface area (Å²) in [6, 6.07) is 10.5. The van der Waals surface area contributed by atoms with E-state index in [2.05, 4.69) is 0 Å². The Bertz CT molecular complexity index is 972. The number of methoxy groups -OCH3 is 1. The zero-order valence-electron chi connectivity index (χ0n) is 16.0. The first-order valence-corrected chi connectivity index (χ1v) is 11.2. The van der Waals surface area contributed by atoms with Gasteiger partial charge < -0.3 is 14.2 Å². The van der Waals surface area contributed by atoms with Gasteiger partial charge >= 0.3 is 5.97 Å². The summed E-state index contributed by atoms with van der Waals surface area (Å²) >= 11 is 0. The summed E-state index contributed by atoms with van der Waals surface area (Å²) in [5, 5.41) is 0. The van der Waals surface area contributed by atoms with Gasteiger partial charge in [-0.3, -0.25) is 4.79 Å². The minimum absolute atomic E-state index is 0.0832. The molecule has 1 amide bonds. The normalized spacial score (nSPS) is 15.4. The Kier molecular flexibility index (Phi) is 5.88. The fourth-order valence-electron chi connectivity index (χ4n) is 3.62. The Morgan fingerprint density at radius 1 is 1.14 bits per heavy atom. The predicted octanol–water partition coefficient (Wildman–Crippen LogP) is 2.30. The zero-order chi connectivity index (χ0) is 20.3. The first kappa shape index (κ1) is 20.1. The largest absolute Gasteiger partial charge is 0.464 e. The molecule has 0 bridgehead atoms. The van der Waals surface area contributed by atoms with Crippen molar-refractivity contribution in [1.29, 1.82) is 0 Å². The molecule has 0 unspecified atom stereocenters. The van der Waals surface area contributed by atoms with Crippen LogP contribution in [0.5, 0.6) is 0 Å². The van der Waals surface area contributed by atoms with Gasteiger partial charge in [-0.2, -0.15) is 0 Å². The third-order valence-corrected chi connectivity index (χ3v) is 5.78. The van der Waals surface area contributed by atoms with Gasteiger partial charge in [-0.1, -0.05) is 12.1 Å². The van der Waals surface area contributed by atoms with Gasteiger partial charge in [0.15, 0.2) is 9.84 Å². The molecule has 0 radical (unpaired) electrons. The van der Waals surface area contributed by atoms with Crippen LogP contribution in [0.2, 0.25) is 0 Å². The lowest BCUT2D eigenvalue weighted by Crippen LogP contribution is -2.39. The van der Waals surface area contributed by atoms with Crippen LogP contribution in [0, 0.1) is 0 Å². The van der Waals surface area contributed by atoms with Crippen molar-refractivity contribution >= 4 is 21.7 Å². The number of aromatic nitrogens is 1. The smallest absolute Gasteiger partial charge is 0.354 e. The molecule has 150 valence electrons.